The van der Waals surface area contributed by atoms with Gasteiger partial charge in [0.25, 0.3) is 0 Å². The van der Waals surface area contributed by atoms with Crippen LogP contribution in [0.15, 0.2) is 24.5 Å². The molecule has 96 valence electrons. The Hall–Kier alpha value is -1.84. The van der Waals surface area contributed by atoms with Crippen LogP contribution in [0.3, 0.4) is 0 Å². The molecular weight excluding hydrogens is 226 g/mol. The van der Waals surface area contributed by atoms with Gasteiger partial charge in [0.2, 0.25) is 0 Å². The molecular formula is C14H19N3O. The third kappa shape index (κ3) is 2.37. The van der Waals surface area contributed by atoms with Gasteiger partial charge in [-0.3, -0.25) is 0 Å². The van der Waals surface area contributed by atoms with Crippen LogP contribution in [0.1, 0.15) is 37.6 Å². The van der Waals surface area contributed by atoms with Crippen molar-refractivity contribution in [1.29, 1.82) is 0 Å². The van der Waals surface area contributed by atoms with Gasteiger partial charge in [0.05, 0.1) is 7.11 Å². The van der Waals surface area contributed by atoms with Gasteiger partial charge in [-0.1, -0.05) is 19.9 Å². The highest BCUT2D eigenvalue weighted by Gasteiger charge is 2.10. The van der Waals surface area contributed by atoms with Gasteiger partial charge in [-0.15, -0.1) is 0 Å². The van der Waals surface area contributed by atoms with Gasteiger partial charge in [0.1, 0.15) is 23.6 Å². The second-order valence-electron chi connectivity index (χ2n) is 4.48. The van der Waals surface area contributed by atoms with Crippen molar-refractivity contribution < 1.29 is 4.74 Å². The molecule has 0 saturated carbocycles. The Bertz CT molecular complexity index is 534. The van der Waals surface area contributed by atoms with Crippen molar-refractivity contribution in [3.05, 3.63) is 35.9 Å². The Kier molecular flexibility index (Phi) is 3.65. The molecule has 1 atom stereocenters. The van der Waals surface area contributed by atoms with Crippen molar-refractivity contribution in [2.75, 3.05) is 7.11 Å². The van der Waals surface area contributed by atoms with Crippen molar-refractivity contribution in [3.63, 3.8) is 0 Å². The van der Waals surface area contributed by atoms with E-state index in [4.69, 9.17) is 4.74 Å². The Morgan fingerprint density at radius 2 is 2.17 bits per heavy atom. The Morgan fingerprint density at radius 1 is 1.39 bits per heavy atom. The molecule has 1 aromatic heterocycles. The summed E-state index contributed by atoms with van der Waals surface area (Å²) in [5, 5.41) is 4.31. The molecule has 18 heavy (non-hydrogen) atoms. The molecule has 0 aliphatic rings. The summed E-state index contributed by atoms with van der Waals surface area (Å²) in [5.41, 5.74) is 2.21. The first-order valence-electron chi connectivity index (χ1n) is 6.22. The summed E-state index contributed by atoms with van der Waals surface area (Å²) >= 11 is 0. The first kappa shape index (κ1) is 12.6. The summed E-state index contributed by atoms with van der Waals surface area (Å²) < 4.78 is 7.20. The highest BCUT2D eigenvalue weighted by Crippen LogP contribution is 2.28. The minimum absolute atomic E-state index is 0.533. The molecule has 4 nitrogen and oxygen atoms in total. The van der Waals surface area contributed by atoms with E-state index in [9.17, 15) is 0 Å². The molecule has 0 bridgehead atoms. The standard InChI is InChI=1S/C14H19N3O/c1-5-10(2)12-6-7-13(14(8-12)18-4)17-9-15-11(3)16-17/h6-10H,5H2,1-4H3. The predicted molar refractivity (Wildman–Crippen MR) is 71.4 cm³/mol. The van der Waals surface area contributed by atoms with Crippen LogP contribution in [0.4, 0.5) is 0 Å². The Morgan fingerprint density at radius 3 is 2.72 bits per heavy atom. The average molecular weight is 245 g/mol. The normalized spacial score (nSPS) is 12.4. The van der Waals surface area contributed by atoms with Gasteiger partial charge in [-0.25, -0.2) is 9.67 Å². The van der Waals surface area contributed by atoms with E-state index in [2.05, 4.69) is 36.1 Å². The lowest BCUT2D eigenvalue weighted by atomic mass is 9.98. The number of hydrogen-bond acceptors (Lipinski definition) is 3. The Labute approximate surface area is 108 Å². The summed E-state index contributed by atoms with van der Waals surface area (Å²) in [7, 11) is 1.68. The molecule has 1 unspecified atom stereocenters. The zero-order chi connectivity index (χ0) is 13.1. The molecule has 2 rings (SSSR count). The molecule has 1 heterocycles. The van der Waals surface area contributed by atoms with E-state index in [1.165, 1.54) is 5.56 Å². The van der Waals surface area contributed by atoms with Gasteiger partial charge in [0.15, 0.2) is 0 Å². The lowest BCUT2D eigenvalue weighted by Gasteiger charge is -2.13. The maximum Gasteiger partial charge on any atom is 0.147 e. The quantitative estimate of drug-likeness (QED) is 0.831. The fourth-order valence-corrected chi connectivity index (χ4v) is 1.89. The van der Waals surface area contributed by atoms with Crippen LogP contribution in [0.5, 0.6) is 5.75 Å². The molecule has 0 amide bonds. The third-order valence-corrected chi connectivity index (χ3v) is 3.24. The molecule has 0 aliphatic heterocycles. The maximum atomic E-state index is 5.46. The van der Waals surface area contributed by atoms with E-state index >= 15 is 0 Å². The van der Waals surface area contributed by atoms with Gasteiger partial charge >= 0.3 is 0 Å². The van der Waals surface area contributed by atoms with Crippen LogP contribution in [0.2, 0.25) is 0 Å². The summed E-state index contributed by atoms with van der Waals surface area (Å²) in [6.45, 7) is 6.27. The molecule has 0 saturated heterocycles. The molecule has 0 spiro atoms. The lowest BCUT2D eigenvalue weighted by molar-refractivity contribution is 0.410. The van der Waals surface area contributed by atoms with Crippen LogP contribution in [0.25, 0.3) is 5.69 Å². The van der Waals surface area contributed by atoms with Crippen LogP contribution in [-0.2, 0) is 0 Å². The summed E-state index contributed by atoms with van der Waals surface area (Å²) in [5.74, 6) is 2.12. The maximum absolute atomic E-state index is 5.46. The SMILES string of the molecule is CCC(C)c1ccc(-n2cnc(C)n2)c(OC)c1. The molecule has 0 aliphatic carbocycles. The van der Waals surface area contributed by atoms with Crippen molar-refractivity contribution in [2.45, 2.75) is 33.1 Å². The monoisotopic (exact) mass is 245 g/mol. The van der Waals surface area contributed by atoms with E-state index in [-0.39, 0.29) is 0 Å². The molecule has 0 N–H and O–H groups in total. The van der Waals surface area contributed by atoms with Gasteiger partial charge < -0.3 is 4.74 Å². The van der Waals surface area contributed by atoms with Crippen LogP contribution < -0.4 is 4.74 Å². The van der Waals surface area contributed by atoms with E-state index in [0.29, 0.717) is 5.92 Å². The average Bonchev–Trinajstić information content (AvgIpc) is 2.83. The van der Waals surface area contributed by atoms with Crippen molar-refractivity contribution in [3.8, 4) is 11.4 Å². The molecule has 4 heteroatoms. The van der Waals surface area contributed by atoms with E-state index in [0.717, 1.165) is 23.7 Å². The minimum atomic E-state index is 0.533. The fraction of sp³-hybridized carbons (Fsp3) is 0.429. The Balaban J connectivity index is 2.43. The van der Waals surface area contributed by atoms with E-state index < -0.39 is 0 Å². The first-order chi connectivity index (χ1) is 8.65. The second-order valence-corrected chi connectivity index (χ2v) is 4.48. The zero-order valence-electron chi connectivity index (χ0n) is 11.3. The number of ether oxygens (including phenoxy) is 1. The first-order valence-corrected chi connectivity index (χ1v) is 6.22. The number of benzene rings is 1. The topological polar surface area (TPSA) is 39.9 Å². The number of hydrogen-bond donors (Lipinski definition) is 0. The van der Waals surface area contributed by atoms with E-state index in [1.807, 2.05) is 13.0 Å². The lowest BCUT2D eigenvalue weighted by Crippen LogP contribution is -2.01. The third-order valence-electron chi connectivity index (χ3n) is 3.24. The smallest absolute Gasteiger partial charge is 0.147 e. The number of aryl methyl sites for hydroxylation is 1. The largest absolute Gasteiger partial charge is 0.494 e. The summed E-state index contributed by atoms with van der Waals surface area (Å²) in [6, 6.07) is 6.25. The van der Waals surface area contributed by atoms with Gasteiger partial charge in [0, 0.05) is 0 Å². The highest BCUT2D eigenvalue weighted by atomic mass is 16.5. The van der Waals surface area contributed by atoms with Crippen molar-refractivity contribution in [2.24, 2.45) is 0 Å². The van der Waals surface area contributed by atoms with Crippen LogP contribution >= 0.6 is 0 Å². The molecule has 2 aromatic rings. The van der Waals surface area contributed by atoms with Gasteiger partial charge in [-0.05, 0) is 37.0 Å². The zero-order valence-corrected chi connectivity index (χ0v) is 11.3. The van der Waals surface area contributed by atoms with Crippen LogP contribution in [-0.4, -0.2) is 21.9 Å². The highest BCUT2D eigenvalue weighted by molar-refractivity contribution is 5.48. The number of nitrogens with zero attached hydrogens (tertiary/aromatic N) is 3. The predicted octanol–water partition coefficient (Wildman–Crippen LogP) is 3.10. The summed E-state index contributed by atoms with van der Waals surface area (Å²) in [4.78, 5) is 4.14. The van der Waals surface area contributed by atoms with E-state index in [1.54, 1.807) is 18.1 Å². The number of rotatable bonds is 4. The number of aromatic nitrogens is 3. The number of methoxy groups -OCH3 is 1. The molecule has 0 radical (unpaired) electrons. The molecule has 1 aromatic carbocycles. The minimum Gasteiger partial charge on any atom is -0.494 e. The van der Waals surface area contributed by atoms with Gasteiger partial charge in [-0.2, -0.15) is 5.10 Å². The van der Waals surface area contributed by atoms with Crippen LogP contribution in [0, 0.1) is 6.92 Å². The van der Waals surface area contributed by atoms with Crippen molar-refractivity contribution in [1.82, 2.24) is 14.8 Å². The second kappa shape index (κ2) is 5.21. The fourth-order valence-electron chi connectivity index (χ4n) is 1.89. The van der Waals surface area contributed by atoms with Crippen molar-refractivity contribution >= 4 is 0 Å². The summed E-state index contributed by atoms with van der Waals surface area (Å²) in [6.07, 6.45) is 2.82. The molecule has 0 fully saturated rings.